The van der Waals surface area contributed by atoms with Gasteiger partial charge in [-0.15, -0.1) is 0 Å². The maximum atomic E-state index is 12.9. The first kappa shape index (κ1) is 15.1. The lowest BCUT2D eigenvalue weighted by molar-refractivity contribution is -0.122. The van der Waals surface area contributed by atoms with Gasteiger partial charge in [-0.25, -0.2) is 0 Å². The van der Waals surface area contributed by atoms with Crippen LogP contribution in [0.25, 0.3) is 10.9 Å². The van der Waals surface area contributed by atoms with Gasteiger partial charge in [-0.05, 0) is 44.2 Å². The van der Waals surface area contributed by atoms with Gasteiger partial charge in [-0.1, -0.05) is 18.2 Å². The van der Waals surface area contributed by atoms with Gasteiger partial charge in [0.05, 0.1) is 11.1 Å². The summed E-state index contributed by atoms with van der Waals surface area (Å²) in [6, 6.07) is 9.17. The summed E-state index contributed by atoms with van der Waals surface area (Å²) in [5.41, 5.74) is 2.46. The van der Waals surface area contributed by atoms with Crippen molar-refractivity contribution in [1.29, 1.82) is 0 Å². The van der Waals surface area contributed by atoms with Crippen molar-refractivity contribution in [3.05, 3.63) is 41.6 Å². The summed E-state index contributed by atoms with van der Waals surface area (Å²) in [6.07, 6.45) is 4.86. The summed E-state index contributed by atoms with van der Waals surface area (Å²) in [6.45, 7) is 0.690. The molecule has 1 aromatic heterocycles. The van der Waals surface area contributed by atoms with Crippen molar-refractivity contribution in [3.63, 3.8) is 0 Å². The number of rotatable bonds is 3. The molecular formula is C19H21N3O2. The largest absolute Gasteiger partial charge is 0.354 e. The zero-order chi connectivity index (χ0) is 16.5. The molecule has 5 heteroatoms. The SMILES string of the molecule is O=C(N[C@H]1CCCCNC1=O)c1cc(C2CC2)nc2ccccc12. The number of fused-ring (bicyclic) bond motifs is 1. The number of nitrogens with one attached hydrogen (secondary N) is 2. The van der Waals surface area contributed by atoms with E-state index in [-0.39, 0.29) is 11.8 Å². The van der Waals surface area contributed by atoms with Gasteiger partial charge in [-0.2, -0.15) is 0 Å². The van der Waals surface area contributed by atoms with Crippen molar-refractivity contribution in [1.82, 2.24) is 15.6 Å². The van der Waals surface area contributed by atoms with Crippen LogP contribution in [0.5, 0.6) is 0 Å². The Morgan fingerprint density at radius 1 is 1.17 bits per heavy atom. The number of nitrogens with zero attached hydrogens (tertiary/aromatic N) is 1. The van der Waals surface area contributed by atoms with Crippen LogP contribution in [0, 0.1) is 0 Å². The van der Waals surface area contributed by atoms with Gasteiger partial charge >= 0.3 is 0 Å². The minimum atomic E-state index is -0.448. The zero-order valence-corrected chi connectivity index (χ0v) is 13.5. The van der Waals surface area contributed by atoms with E-state index < -0.39 is 6.04 Å². The molecule has 1 aromatic carbocycles. The average molecular weight is 323 g/mol. The number of hydrogen-bond acceptors (Lipinski definition) is 3. The predicted molar refractivity (Wildman–Crippen MR) is 91.8 cm³/mol. The third-order valence-electron chi connectivity index (χ3n) is 4.82. The van der Waals surface area contributed by atoms with E-state index in [1.807, 2.05) is 30.3 Å². The van der Waals surface area contributed by atoms with E-state index in [2.05, 4.69) is 10.6 Å². The van der Waals surface area contributed by atoms with Gasteiger partial charge in [-0.3, -0.25) is 14.6 Å². The second kappa shape index (κ2) is 6.23. The molecule has 0 unspecified atom stereocenters. The van der Waals surface area contributed by atoms with Crippen LogP contribution in [-0.2, 0) is 4.79 Å². The Balaban J connectivity index is 1.66. The average Bonchev–Trinajstić information content (AvgIpc) is 3.44. The van der Waals surface area contributed by atoms with Crippen LogP contribution in [-0.4, -0.2) is 29.4 Å². The molecule has 2 N–H and O–H groups in total. The Hall–Kier alpha value is -2.43. The van der Waals surface area contributed by atoms with Crippen molar-refractivity contribution >= 4 is 22.7 Å². The van der Waals surface area contributed by atoms with Crippen LogP contribution >= 0.6 is 0 Å². The Labute approximate surface area is 140 Å². The molecule has 24 heavy (non-hydrogen) atoms. The fraction of sp³-hybridized carbons (Fsp3) is 0.421. The lowest BCUT2D eigenvalue weighted by atomic mass is 10.0. The third-order valence-corrected chi connectivity index (χ3v) is 4.82. The zero-order valence-electron chi connectivity index (χ0n) is 13.5. The minimum absolute atomic E-state index is 0.0818. The number of amides is 2. The Kier molecular flexibility index (Phi) is 3.92. The molecule has 5 nitrogen and oxygen atoms in total. The number of carbonyl (C=O) groups is 2. The van der Waals surface area contributed by atoms with Crippen LogP contribution in [0.3, 0.4) is 0 Å². The second-order valence-corrected chi connectivity index (χ2v) is 6.70. The third kappa shape index (κ3) is 2.98. The molecule has 0 bridgehead atoms. The number of carbonyl (C=O) groups excluding carboxylic acids is 2. The molecule has 1 atom stereocenters. The maximum Gasteiger partial charge on any atom is 0.252 e. The summed E-state index contributed by atoms with van der Waals surface area (Å²) < 4.78 is 0. The summed E-state index contributed by atoms with van der Waals surface area (Å²) in [5.74, 6) is 0.210. The molecule has 1 aliphatic heterocycles. The summed E-state index contributed by atoms with van der Waals surface area (Å²) >= 11 is 0. The van der Waals surface area contributed by atoms with Gasteiger partial charge in [0.2, 0.25) is 5.91 Å². The number of aromatic nitrogens is 1. The monoisotopic (exact) mass is 323 g/mol. The van der Waals surface area contributed by atoms with Gasteiger partial charge < -0.3 is 10.6 Å². The lowest BCUT2D eigenvalue weighted by Crippen LogP contribution is -2.45. The van der Waals surface area contributed by atoms with E-state index in [1.54, 1.807) is 0 Å². The number of benzene rings is 1. The molecule has 0 radical (unpaired) electrons. The molecule has 2 heterocycles. The van der Waals surface area contributed by atoms with Gasteiger partial charge in [0.15, 0.2) is 0 Å². The number of hydrogen-bond donors (Lipinski definition) is 2. The Bertz CT molecular complexity index is 798. The second-order valence-electron chi connectivity index (χ2n) is 6.70. The summed E-state index contributed by atoms with van der Waals surface area (Å²) in [7, 11) is 0. The molecule has 1 aliphatic carbocycles. The van der Waals surface area contributed by atoms with Crippen LogP contribution < -0.4 is 10.6 Å². The molecule has 2 aromatic rings. The van der Waals surface area contributed by atoms with Crippen LogP contribution in [0.4, 0.5) is 0 Å². The number of pyridine rings is 1. The molecule has 124 valence electrons. The summed E-state index contributed by atoms with van der Waals surface area (Å²) in [4.78, 5) is 29.7. The van der Waals surface area contributed by atoms with E-state index in [0.717, 1.165) is 42.3 Å². The van der Waals surface area contributed by atoms with E-state index in [0.29, 0.717) is 24.4 Å². The first-order chi connectivity index (χ1) is 11.7. The van der Waals surface area contributed by atoms with Gasteiger partial charge in [0.1, 0.15) is 6.04 Å². The van der Waals surface area contributed by atoms with E-state index in [4.69, 9.17) is 4.98 Å². The smallest absolute Gasteiger partial charge is 0.252 e. The molecule has 1 saturated heterocycles. The van der Waals surface area contributed by atoms with E-state index in [9.17, 15) is 9.59 Å². The maximum absolute atomic E-state index is 12.9. The quantitative estimate of drug-likeness (QED) is 0.912. The molecule has 2 aliphatic rings. The van der Waals surface area contributed by atoms with E-state index >= 15 is 0 Å². The van der Waals surface area contributed by atoms with Crippen molar-refractivity contribution in [2.24, 2.45) is 0 Å². The van der Waals surface area contributed by atoms with Crippen molar-refractivity contribution in [3.8, 4) is 0 Å². The highest BCUT2D eigenvalue weighted by molar-refractivity contribution is 6.07. The molecule has 4 rings (SSSR count). The van der Waals surface area contributed by atoms with Crippen LogP contribution in [0.15, 0.2) is 30.3 Å². The summed E-state index contributed by atoms with van der Waals surface area (Å²) in [5, 5.41) is 6.63. The Morgan fingerprint density at radius 3 is 2.83 bits per heavy atom. The van der Waals surface area contributed by atoms with E-state index in [1.165, 1.54) is 0 Å². The van der Waals surface area contributed by atoms with Crippen molar-refractivity contribution in [2.75, 3.05) is 6.54 Å². The van der Waals surface area contributed by atoms with Crippen LogP contribution in [0.2, 0.25) is 0 Å². The van der Waals surface area contributed by atoms with Gasteiger partial charge in [0, 0.05) is 23.5 Å². The normalized spacial score (nSPS) is 21.2. The number of para-hydroxylation sites is 1. The highest BCUT2D eigenvalue weighted by Gasteiger charge is 2.28. The van der Waals surface area contributed by atoms with Gasteiger partial charge in [0.25, 0.3) is 5.91 Å². The minimum Gasteiger partial charge on any atom is -0.354 e. The van der Waals surface area contributed by atoms with Crippen molar-refractivity contribution in [2.45, 2.75) is 44.1 Å². The van der Waals surface area contributed by atoms with Crippen LogP contribution in [0.1, 0.15) is 54.1 Å². The molecule has 1 saturated carbocycles. The highest BCUT2D eigenvalue weighted by atomic mass is 16.2. The first-order valence-electron chi connectivity index (χ1n) is 8.70. The fourth-order valence-corrected chi connectivity index (χ4v) is 3.29. The highest BCUT2D eigenvalue weighted by Crippen LogP contribution is 2.40. The predicted octanol–water partition coefficient (Wildman–Crippen LogP) is 2.51. The molecule has 2 fully saturated rings. The Morgan fingerprint density at radius 2 is 2.00 bits per heavy atom. The standard InChI is InChI=1S/C19H21N3O2/c23-18(22-16-7-3-4-10-20-19(16)24)14-11-17(12-8-9-12)21-15-6-2-1-5-13(14)15/h1-2,5-6,11-12,16H,3-4,7-10H2,(H,20,24)(H,22,23)/t16-/m0/s1. The lowest BCUT2D eigenvalue weighted by Gasteiger charge is -2.16. The molecule has 0 spiro atoms. The first-order valence-corrected chi connectivity index (χ1v) is 8.70. The fourth-order valence-electron chi connectivity index (χ4n) is 3.29. The molecular weight excluding hydrogens is 302 g/mol. The molecule has 2 amide bonds. The van der Waals surface area contributed by atoms with Crippen molar-refractivity contribution < 1.29 is 9.59 Å². The topological polar surface area (TPSA) is 71.1 Å².